The second-order valence-electron chi connectivity index (χ2n) is 3.95. The molecule has 1 aliphatic heterocycles. The van der Waals surface area contributed by atoms with Gasteiger partial charge in [0.1, 0.15) is 0 Å². The van der Waals surface area contributed by atoms with Crippen LogP contribution in [0, 0.1) is 0 Å². The van der Waals surface area contributed by atoms with Gasteiger partial charge in [-0.2, -0.15) is 0 Å². The Morgan fingerprint density at radius 2 is 2.31 bits per heavy atom. The second kappa shape index (κ2) is 4.49. The van der Waals surface area contributed by atoms with E-state index in [0.717, 1.165) is 23.1 Å². The summed E-state index contributed by atoms with van der Waals surface area (Å²) in [6.45, 7) is 5.04. The van der Waals surface area contributed by atoms with E-state index in [1.807, 2.05) is 17.0 Å². The minimum atomic E-state index is 0.0220. The number of carbonyl (C=O) groups excluding carboxylic acids is 1. The van der Waals surface area contributed by atoms with Gasteiger partial charge in [-0.3, -0.25) is 4.79 Å². The van der Waals surface area contributed by atoms with E-state index in [4.69, 9.17) is 5.11 Å². The van der Waals surface area contributed by atoms with Gasteiger partial charge in [-0.15, -0.1) is 6.58 Å². The lowest BCUT2D eigenvalue weighted by Crippen LogP contribution is -2.24. The van der Waals surface area contributed by atoms with Gasteiger partial charge in [0.25, 0.3) is 5.91 Å². The first-order valence-corrected chi connectivity index (χ1v) is 5.39. The van der Waals surface area contributed by atoms with Crippen LogP contribution in [0.2, 0.25) is 0 Å². The fourth-order valence-electron chi connectivity index (χ4n) is 1.96. The van der Waals surface area contributed by atoms with Crippen LogP contribution in [0.3, 0.4) is 0 Å². The Kier molecular flexibility index (Phi) is 3.06. The Balaban J connectivity index is 2.20. The average molecular weight is 217 g/mol. The normalized spacial score (nSPS) is 14.1. The molecule has 84 valence electrons. The summed E-state index contributed by atoms with van der Waals surface area (Å²) in [5, 5.41) is 9.03. The van der Waals surface area contributed by atoms with Gasteiger partial charge in [0.2, 0.25) is 0 Å². The monoisotopic (exact) mass is 217 g/mol. The summed E-state index contributed by atoms with van der Waals surface area (Å²) in [7, 11) is 0. The molecule has 0 radical (unpaired) electrons. The lowest BCUT2D eigenvalue weighted by atomic mass is 10.1. The molecule has 0 atom stereocenters. The number of aliphatic hydroxyl groups excluding tert-OH is 1. The van der Waals surface area contributed by atoms with Crippen LogP contribution in [0.15, 0.2) is 30.9 Å². The van der Waals surface area contributed by atoms with Gasteiger partial charge in [-0.25, -0.2) is 0 Å². The summed E-state index contributed by atoms with van der Waals surface area (Å²) in [6.07, 6.45) is 2.63. The van der Waals surface area contributed by atoms with E-state index in [-0.39, 0.29) is 12.5 Å². The van der Waals surface area contributed by atoms with Crippen LogP contribution < -0.4 is 0 Å². The van der Waals surface area contributed by atoms with Crippen LogP contribution >= 0.6 is 0 Å². The predicted molar refractivity (Wildman–Crippen MR) is 61.9 cm³/mol. The molecule has 0 aliphatic carbocycles. The standard InChI is InChI=1S/C13H15NO2/c1-2-3-6-14-8-11-7-10(9-15)4-5-12(11)13(14)16/h2,4-5,7,15H,1,3,6,8-9H2. The van der Waals surface area contributed by atoms with Crippen molar-refractivity contribution in [1.82, 2.24) is 4.90 Å². The van der Waals surface area contributed by atoms with E-state index >= 15 is 0 Å². The number of aliphatic hydroxyl groups is 1. The molecular weight excluding hydrogens is 202 g/mol. The highest BCUT2D eigenvalue weighted by molar-refractivity contribution is 5.98. The summed E-state index contributed by atoms with van der Waals surface area (Å²) in [5.41, 5.74) is 2.64. The second-order valence-corrected chi connectivity index (χ2v) is 3.95. The molecule has 1 aromatic rings. The van der Waals surface area contributed by atoms with Crippen LogP contribution in [0.1, 0.15) is 27.9 Å². The lowest BCUT2D eigenvalue weighted by Gasteiger charge is -2.13. The zero-order valence-corrected chi connectivity index (χ0v) is 9.15. The van der Waals surface area contributed by atoms with Crippen molar-refractivity contribution in [3.05, 3.63) is 47.5 Å². The smallest absolute Gasteiger partial charge is 0.254 e. The number of fused-ring (bicyclic) bond motifs is 1. The third kappa shape index (κ3) is 1.86. The van der Waals surface area contributed by atoms with Crippen LogP contribution in [-0.4, -0.2) is 22.5 Å². The highest BCUT2D eigenvalue weighted by Gasteiger charge is 2.26. The molecule has 3 nitrogen and oxygen atoms in total. The first-order chi connectivity index (χ1) is 7.76. The van der Waals surface area contributed by atoms with E-state index < -0.39 is 0 Å². The first kappa shape index (κ1) is 10.9. The van der Waals surface area contributed by atoms with Crippen molar-refractivity contribution in [2.45, 2.75) is 19.6 Å². The molecule has 0 fully saturated rings. The Labute approximate surface area is 95.0 Å². The minimum absolute atomic E-state index is 0.0220. The van der Waals surface area contributed by atoms with Crippen molar-refractivity contribution in [3.63, 3.8) is 0 Å². The zero-order chi connectivity index (χ0) is 11.5. The van der Waals surface area contributed by atoms with Gasteiger partial charge < -0.3 is 10.0 Å². The van der Waals surface area contributed by atoms with Crippen molar-refractivity contribution in [2.75, 3.05) is 6.54 Å². The molecule has 16 heavy (non-hydrogen) atoms. The Morgan fingerprint density at radius 3 is 3.00 bits per heavy atom. The maximum Gasteiger partial charge on any atom is 0.254 e. The van der Waals surface area contributed by atoms with Gasteiger partial charge in [-0.1, -0.05) is 18.2 Å². The predicted octanol–water partition coefficient (Wildman–Crippen LogP) is 1.71. The van der Waals surface area contributed by atoms with E-state index in [1.165, 1.54) is 0 Å². The molecule has 0 unspecified atom stereocenters. The van der Waals surface area contributed by atoms with Crippen LogP contribution in [0.25, 0.3) is 0 Å². The Bertz CT molecular complexity index is 426. The number of carbonyl (C=O) groups is 1. The minimum Gasteiger partial charge on any atom is -0.392 e. The number of rotatable bonds is 4. The largest absolute Gasteiger partial charge is 0.392 e. The summed E-state index contributed by atoms with van der Waals surface area (Å²) in [5.74, 6) is 0.0846. The van der Waals surface area contributed by atoms with Crippen LogP contribution in [0.5, 0.6) is 0 Å². The number of hydrogen-bond acceptors (Lipinski definition) is 2. The molecule has 1 aromatic carbocycles. The van der Waals surface area contributed by atoms with E-state index in [0.29, 0.717) is 13.1 Å². The average Bonchev–Trinajstić information content (AvgIpc) is 2.63. The van der Waals surface area contributed by atoms with Crippen molar-refractivity contribution in [2.24, 2.45) is 0 Å². The summed E-state index contributed by atoms with van der Waals surface area (Å²) in [4.78, 5) is 13.7. The molecule has 0 saturated heterocycles. The lowest BCUT2D eigenvalue weighted by molar-refractivity contribution is 0.0781. The molecular formula is C13H15NO2. The van der Waals surface area contributed by atoms with Crippen molar-refractivity contribution < 1.29 is 9.90 Å². The van der Waals surface area contributed by atoms with Crippen LogP contribution in [-0.2, 0) is 13.2 Å². The molecule has 0 aromatic heterocycles. The van der Waals surface area contributed by atoms with Crippen LogP contribution in [0.4, 0.5) is 0 Å². The maximum atomic E-state index is 11.9. The van der Waals surface area contributed by atoms with E-state index in [1.54, 1.807) is 12.1 Å². The van der Waals surface area contributed by atoms with Gasteiger partial charge in [0.05, 0.1) is 6.61 Å². The number of hydrogen-bond donors (Lipinski definition) is 1. The number of amides is 1. The van der Waals surface area contributed by atoms with E-state index in [9.17, 15) is 4.79 Å². The molecule has 0 bridgehead atoms. The Morgan fingerprint density at radius 1 is 1.50 bits per heavy atom. The Hall–Kier alpha value is -1.61. The van der Waals surface area contributed by atoms with Gasteiger partial charge in [-0.05, 0) is 23.6 Å². The van der Waals surface area contributed by atoms with Crippen molar-refractivity contribution >= 4 is 5.91 Å². The molecule has 1 N–H and O–H groups in total. The first-order valence-electron chi connectivity index (χ1n) is 5.39. The molecule has 0 spiro atoms. The quantitative estimate of drug-likeness (QED) is 0.780. The third-order valence-electron chi connectivity index (χ3n) is 2.83. The molecule has 1 heterocycles. The third-order valence-corrected chi connectivity index (χ3v) is 2.83. The van der Waals surface area contributed by atoms with Gasteiger partial charge in [0.15, 0.2) is 0 Å². The zero-order valence-electron chi connectivity index (χ0n) is 9.15. The van der Waals surface area contributed by atoms with Gasteiger partial charge in [0, 0.05) is 18.7 Å². The van der Waals surface area contributed by atoms with Gasteiger partial charge >= 0.3 is 0 Å². The number of benzene rings is 1. The summed E-state index contributed by atoms with van der Waals surface area (Å²) >= 11 is 0. The topological polar surface area (TPSA) is 40.5 Å². The van der Waals surface area contributed by atoms with E-state index in [2.05, 4.69) is 6.58 Å². The molecule has 3 heteroatoms. The SMILES string of the molecule is C=CCCN1Cc2cc(CO)ccc2C1=O. The highest BCUT2D eigenvalue weighted by atomic mass is 16.3. The summed E-state index contributed by atoms with van der Waals surface area (Å²) in [6, 6.07) is 5.51. The summed E-state index contributed by atoms with van der Waals surface area (Å²) < 4.78 is 0. The maximum absolute atomic E-state index is 11.9. The fraction of sp³-hybridized carbons (Fsp3) is 0.308. The highest BCUT2D eigenvalue weighted by Crippen LogP contribution is 2.24. The molecule has 1 amide bonds. The van der Waals surface area contributed by atoms with Crippen molar-refractivity contribution in [1.29, 1.82) is 0 Å². The van der Waals surface area contributed by atoms with Crippen molar-refractivity contribution in [3.8, 4) is 0 Å². The molecule has 2 rings (SSSR count). The number of nitrogens with zero attached hydrogens (tertiary/aromatic N) is 1. The fourth-order valence-corrected chi connectivity index (χ4v) is 1.96. The molecule has 0 saturated carbocycles. The molecule has 1 aliphatic rings.